The van der Waals surface area contributed by atoms with Gasteiger partial charge in [-0.25, -0.2) is 0 Å². The van der Waals surface area contributed by atoms with Crippen LogP contribution < -0.4 is 0 Å². The molecule has 0 bridgehead atoms. The summed E-state index contributed by atoms with van der Waals surface area (Å²) in [6, 6.07) is 5.05. The Morgan fingerprint density at radius 1 is 1.06 bits per heavy atom. The minimum Gasteiger partial charge on any atom is -0.166 e. The van der Waals surface area contributed by atoms with Crippen molar-refractivity contribution in [2.45, 2.75) is 6.18 Å². The Morgan fingerprint density at radius 2 is 1.76 bits per heavy atom. The fourth-order valence-electron chi connectivity index (χ4n) is 1.47. The molecule has 0 nitrogen and oxygen atoms in total. The summed E-state index contributed by atoms with van der Waals surface area (Å²) in [5.74, 6) is 5.64. The van der Waals surface area contributed by atoms with E-state index in [-0.39, 0.29) is 5.92 Å². The largest absolute Gasteiger partial charge is 0.416 e. The first-order valence-corrected chi connectivity index (χ1v) is 5.09. The van der Waals surface area contributed by atoms with Gasteiger partial charge in [-0.05, 0) is 18.2 Å². The summed E-state index contributed by atoms with van der Waals surface area (Å²) in [6.07, 6.45) is 3.20. The van der Waals surface area contributed by atoms with Crippen molar-refractivity contribution in [2.24, 2.45) is 5.92 Å². The molecule has 0 unspecified atom stereocenters. The van der Waals surface area contributed by atoms with E-state index in [1.165, 1.54) is 6.07 Å². The average molecular weight is 234 g/mol. The zero-order valence-corrected chi connectivity index (χ0v) is 8.83. The molecule has 0 heterocycles. The van der Waals surface area contributed by atoms with Crippen molar-refractivity contribution < 1.29 is 13.2 Å². The number of hydrogen-bond donors (Lipinski definition) is 0. The van der Waals surface area contributed by atoms with Gasteiger partial charge < -0.3 is 0 Å². The van der Waals surface area contributed by atoms with Gasteiger partial charge in [-0.2, -0.15) is 13.2 Å². The molecule has 1 aromatic rings. The highest BCUT2D eigenvalue weighted by atomic mass is 19.4. The molecule has 0 N–H and O–H groups in total. The third-order valence-electron chi connectivity index (χ3n) is 2.32. The van der Waals surface area contributed by atoms with Crippen LogP contribution in [0.15, 0.2) is 48.6 Å². The standard InChI is InChI=1S/C14H9F3/c15-14(16,17)13-7-3-6-12(10-13)9-8-11-4-1-2-5-11/h1-7,10-11H. The molecule has 0 spiro atoms. The van der Waals surface area contributed by atoms with Crippen molar-refractivity contribution in [2.75, 3.05) is 0 Å². The first kappa shape index (κ1) is 11.5. The van der Waals surface area contributed by atoms with Crippen LogP contribution in [0.25, 0.3) is 0 Å². The van der Waals surface area contributed by atoms with E-state index in [1.807, 2.05) is 24.3 Å². The van der Waals surface area contributed by atoms with Crippen molar-refractivity contribution >= 4 is 0 Å². The summed E-state index contributed by atoms with van der Waals surface area (Å²) in [4.78, 5) is 0. The summed E-state index contributed by atoms with van der Waals surface area (Å²) in [5.41, 5.74) is -0.282. The lowest BCUT2D eigenvalue weighted by atomic mass is 10.1. The Hall–Kier alpha value is -1.95. The SMILES string of the molecule is FC(F)(F)c1cccc(C#CC2C=CC=C2)c1. The summed E-state index contributed by atoms with van der Waals surface area (Å²) in [6.45, 7) is 0. The molecule has 1 aliphatic carbocycles. The molecule has 3 heteroatoms. The van der Waals surface area contributed by atoms with Gasteiger partial charge in [-0.3, -0.25) is 0 Å². The zero-order valence-electron chi connectivity index (χ0n) is 8.83. The summed E-state index contributed by atoms with van der Waals surface area (Å²) >= 11 is 0. The Balaban J connectivity index is 2.22. The normalized spacial score (nSPS) is 14.8. The van der Waals surface area contributed by atoms with Gasteiger partial charge in [-0.15, -0.1) is 0 Å². The third-order valence-corrected chi connectivity index (χ3v) is 2.32. The second-order valence-corrected chi connectivity index (χ2v) is 3.64. The smallest absolute Gasteiger partial charge is 0.166 e. The van der Waals surface area contributed by atoms with E-state index in [4.69, 9.17) is 0 Å². The lowest BCUT2D eigenvalue weighted by Gasteiger charge is -2.05. The van der Waals surface area contributed by atoms with Crippen LogP contribution in [0.4, 0.5) is 13.2 Å². The predicted octanol–water partition coefficient (Wildman–Crippen LogP) is 3.80. The minimum absolute atomic E-state index is 0.00421. The second kappa shape index (κ2) is 4.50. The molecule has 0 radical (unpaired) electrons. The van der Waals surface area contributed by atoms with Crippen molar-refractivity contribution in [1.82, 2.24) is 0 Å². The van der Waals surface area contributed by atoms with Crippen LogP contribution in [0.2, 0.25) is 0 Å². The highest BCUT2D eigenvalue weighted by Crippen LogP contribution is 2.29. The number of hydrogen-bond acceptors (Lipinski definition) is 0. The summed E-state index contributed by atoms with van der Waals surface area (Å²) in [5, 5.41) is 0. The molecule has 0 aliphatic heterocycles. The number of benzene rings is 1. The van der Waals surface area contributed by atoms with E-state index in [0.29, 0.717) is 5.56 Å². The number of allylic oxidation sites excluding steroid dienone is 4. The maximum atomic E-state index is 12.4. The van der Waals surface area contributed by atoms with E-state index in [0.717, 1.165) is 12.1 Å². The van der Waals surface area contributed by atoms with Crippen molar-refractivity contribution in [1.29, 1.82) is 0 Å². The molecule has 17 heavy (non-hydrogen) atoms. The highest BCUT2D eigenvalue weighted by Gasteiger charge is 2.30. The van der Waals surface area contributed by atoms with Gasteiger partial charge in [0.15, 0.2) is 0 Å². The molecule has 0 saturated carbocycles. The van der Waals surface area contributed by atoms with Gasteiger partial charge in [0.25, 0.3) is 0 Å². The maximum absolute atomic E-state index is 12.4. The highest BCUT2D eigenvalue weighted by molar-refractivity contribution is 5.40. The van der Waals surface area contributed by atoms with Crippen molar-refractivity contribution in [3.63, 3.8) is 0 Å². The van der Waals surface area contributed by atoms with Crippen LogP contribution in [0.1, 0.15) is 11.1 Å². The molecular formula is C14H9F3. The van der Waals surface area contributed by atoms with Crippen LogP contribution in [0.5, 0.6) is 0 Å². The lowest BCUT2D eigenvalue weighted by Crippen LogP contribution is -2.04. The van der Waals surface area contributed by atoms with Gasteiger partial charge in [0.2, 0.25) is 0 Å². The van der Waals surface area contributed by atoms with Crippen molar-refractivity contribution in [3.8, 4) is 11.8 Å². The molecule has 1 aliphatic rings. The van der Waals surface area contributed by atoms with Crippen LogP contribution in [0, 0.1) is 17.8 Å². The fraction of sp³-hybridized carbons (Fsp3) is 0.143. The summed E-state index contributed by atoms with van der Waals surface area (Å²) in [7, 11) is 0. The Bertz CT molecular complexity index is 512. The van der Waals surface area contributed by atoms with Gasteiger partial charge >= 0.3 is 6.18 Å². The molecule has 86 valence electrons. The van der Waals surface area contributed by atoms with Crippen LogP contribution >= 0.6 is 0 Å². The average Bonchev–Trinajstić information content (AvgIpc) is 2.78. The zero-order chi connectivity index (χ0) is 12.3. The first-order chi connectivity index (χ1) is 8.05. The van der Waals surface area contributed by atoms with E-state index in [2.05, 4.69) is 11.8 Å². The van der Waals surface area contributed by atoms with E-state index >= 15 is 0 Å². The fourth-order valence-corrected chi connectivity index (χ4v) is 1.47. The Kier molecular flexibility index (Phi) is 3.06. The minimum atomic E-state index is -4.31. The van der Waals surface area contributed by atoms with E-state index < -0.39 is 11.7 Å². The topological polar surface area (TPSA) is 0 Å². The van der Waals surface area contributed by atoms with E-state index in [1.54, 1.807) is 6.07 Å². The number of alkyl halides is 3. The molecule has 1 aromatic carbocycles. The lowest BCUT2D eigenvalue weighted by molar-refractivity contribution is -0.137. The molecule has 0 aromatic heterocycles. The van der Waals surface area contributed by atoms with Gasteiger partial charge in [0, 0.05) is 5.56 Å². The molecule has 0 amide bonds. The quantitative estimate of drug-likeness (QED) is 0.599. The van der Waals surface area contributed by atoms with Crippen LogP contribution in [-0.4, -0.2) is 0 Å². The molecule has 2 rings (SSSR count). The predicted molar refractivity (Wildman–Crippen MR) is 60.1 cm³/mol. The molecular weight excluding hydrogens is 225 g/mol. The molecule has 0 fully saturated rings. The Labute approximate surface area is 97.5 Å². The van der Waals surface area contributed by atoms with E-state index in [9.17, 15) is 13.2 Å². The molecule has 0 atom stereocenters. The van der Waals surface area contributed by atoms with Gasteiger partial charge in [0.1, 0.15) is 0 Å². The Morgan fingerprint density at radius 3 is 2.41 bits per heavy atom. The maximum Gasteiger partial charge on any atom is 0.416 e. The third kappa shape index (κ3) is 3.01. The van der Waals surface area contributed by atoms with Crippen molar-refractivity contribution in [3.05, 3.63) is 59.7 Å². The number of halogens is 3. The second-order valence-electron chi connectivity index (χ2n) is 3.64. The molecule has 0 saturated heterocycles. The monoisotopic (exact) mass is 234 g/mol. The number of rotatable bonds is 0. The summed E-state index contributed by atoms with van der Waals surface area (Å²) < 4.78 is 37.3. The van der Waals surface area contributed by atoms with Crippen LogP contribution in [0.3, 0.4) is 0 Å². The first-order valence-electron chi connectivity index (χ1n) is 5.09. The van der Waals surface area contributed by atoms with Crippen LogP contribution in [-0.2, 0) is 6.18 Å². The van der Waals surface area contributed by atoms with Gasteiger partial charge in [0.05, 0.1) is 11.5 Å². The van der Waals surface area contributed by atoms with Gasteiger partial charge in [-0.1, -0.05) is 42.2 Å².